The van der Waals surface area contributed by atoms with Crippen LogP contribution in [0.25, 0.3) is 0 Å². The van der Waals surface area contributed by atoms with Gasteiger partial charge in [-0.15, -0.1) is 0 Å². The van der Waals surface area contributed by atoms with E-state index < -0.39 is 4.10 Å². The van der Waals surface area contributed by atoms with E-state index in [0.717, 1.165) is 0 Å². The molecule has 0 fully saturated rings. The fourth-order valence-electron chi connectivity index (χ4n) is 0. The van der Waals surface area contributed by atoms with Gasteiger partial charge < -0.3 is 0 Å². The van der Waals surface area contributed by atoms with Gasteiger partial charge in [0.25, 0.3) is 0 Å². The fourth-order valence-corrected chi connectivity index (χ4v) is 0. The number of halogens is 2. The molecule has 0 atom stereocenters. The summed E-state index contributed by atoms with van der Waals surface area (Å²) in [6, 6.07) is 0. The Morgan fingerprint density at radius 2 is 1.50 bits per heavy atom. The van der Waals surface area contributed by atoms with E-state index in [1.807, 2.05) is 0 Å². The monoisotopic (exact) mass is 221 g/mol. The molecule has 0 bridgehead atoms. The molecule has 4 heavy (non-hydrogen) atoms. The third-order valence-electron chi connectivity index (χ3n) is 0. The third-order valence-corrected chi connectivity index (χ3v) is 0. The van der Waals surface area contributed by atoms with Crippen molar-refractivity contribution in [1.29, 1.82) is 0 Å². The van der Waals surface area contributed by atoms with Crippen LogP contribution < -0.4 is 0 Å². The summed E-state index contributed by atoms with van der Waals surface area (Å²) < 4.78 is -0.412. The standard InChI is InChI=1S/Br2PS/c1-3(2)4/q+1. The van der Waals surface area contributed by atoms with Crippen LogP contribution in [-0.2, 0) is 11.8 Å². The van der Waals surface area contributed by atoms with E-state index >= 15 is 0 Å². The number of rotatable bonds is 0. The molecular weight excluding hydrogens is 223 g/mol. The summed E-state index contributed by atoms with van der Waals surface area (Å²) >= 11 is 10.7. The fraction of sp³-hybridized carbons (Fsp3) is 0. The van der Waals surface area contributed by atoms with E-state index in [1.54, 1.807) is 0 Å². The summed E-state index contributed by atoms with van der Waals surface area (Å²) in [7, 11) is 0. The first-order valence-electron chi connectivity index (χ1n) is 0.521. The SMILES string of the molecule is S=[P+](Br)Br. The normalized spacial score (nSPS) is 6.50. The van der Waals surface area contributed by atoms with Crippen molar-refractivity contribution in [2.75, 3.05) is 0 Å². The predicted octanol–water partition coefficient (Wildman–Crippen LogP) is 2.55. The van der Waals surface area contributed by atoms with Crippen LogP contribution in [0.3, 0.4) is 0 Å². The van der Waals surface area contributed by atoms with Crippen molar-refractivity contribution in [1.82, 2.24) is 0 Å². The highest BCUT2D eigenvalue weighted by atomic mass is 79.9. The van der Waals surface area contributed by atoms with E-state index in [9.17, 15) is 0 Å². The van der Waals surface area contributed by atoms with Gasteiger partial charge in [-0.1, -0.05) is 0 Å². The molecule has 0 aliphatic heterocycles. The molecule has 0 heterocycles. The van der Waals surface area contributed by atoms with Crippen molar-refractivity contribution >= 4 is 46.9 Å². The molecule has 4 heteroatoms. The van der Waals surface area contributed by atoms with Gasteiger partial charge in [0.1, 0.15) is 0 Å². The van der Waals surface area contributed by atoms with Crippen LogP contribution in [0.4, 0.5) is 0 Å². The molecule has 0 N–H and O–H groups in total. The molecule has 0 saturated heterocycles. The van der Waals surface area contributed by atoms with Crippen LogP contribution in [0.2, 0.25) is 0 Å². The minimum Gasteiger partial charge on any atom is 0.187 e. The smallest absolute Gasteiger partial charge is 0.187 e. The summed E-state index contributed by atoms with van der Waals surface area (Å²) in [5.74, 6) is 0. The highest BCUT2D eigenvalue weighted by Crippen LogP contribution is 2.38. The zero-order valence-corrected chi connectivity index (χ0v) is 6.49. The van der Waals surface area contributed by atoms with Gasteiger partial charge >= 0.3 is 4.10 Å². The Bertz CT molecular complexity index is 29.0. The Labute approximate surface area is 46.9 Å². The van der Waals surface area contributed by atoms with Crippen molar-refractivity contribution in [3.05, 3.63) is 0 Å². The van der Waals surface area contributed by atoms with Crippen LogP contribution in [0, 0.1) is 0 Å². The largest absolute Gasteiger partial charge is 0.331 e. The highest BCUT2D eigenvalue weighted by Gasteiger charge is 1.86. The molecule has 0 nitrogen and oxygen atoms in total. The molecule has 0 amide bonds. The lowest BCUT2D eigenvalue weighted by Gasteiger charge is -1.30. The summed E-state index contributed by atoms with van der Waals surface area (Å²) in [5.41, 5.74) is 0. The van der Waals surface area contributed by atoms with Crippen LogP contribution >= 0.6 is 35.1 Å². The van der Waals surface area contributed by atoms with Crippen molar-refractivity contribution in [2.24, 2.45) is 0 Å². The zero-order chi connectivity index (χ0) is 3.58. The van der Waals surface area contributed by atoms with Crippen LogP contribution in [0.15, 0.2) is 0 Å². The number of hydrogen-bond acceptors (Lipinski definition) is 1. The summed E-state index contributed by atoms with van der Waals surface area (Å²) in [6.45, 7) is 0. The average Bonchev–Trinajstić information content (AvgIpc) is 0.811. The second-order valence-corrected chi connectivity index (χ2v) is 11.6. The maximum atomic E-state index is 4.52. The molecule has 0 saturated carbocycles. The van der Waals surface area contributed by atoms with Gasteiger partial charge in [-0.25, -0.2) is 0 Å². The van der Waals surface area contributed by atoms with Crippen molar-refractivity contribution in [3.8, 4) is 0 Å². The molecule has 24 valence electrons. The van der Waals surface area contributed by atoms with Gasteiger partial charge in [-0.3, -0.25) is 0 Å². The number of hydrogen-bond donors (Lipinski definition) is 0. The minimum absolute atomic E-state index is 0.412. The van der Waals surface area contributed by atoms with Crippen molar-refractivity contribution < 1.29 is 0 Å². The molecule has 0 aliphatic carbocycles. The molecule has 0 unspecified atom stereocenters. The third kappa shape index (κ3) is 9.77. The molecular formula is Br2PS+. The van der Waals surface area contributed by atoms with Crippen LogP contribution in [0.5, 0.6) is 0 Å². The van der Waals surface area contributed by atoms with Gasteiger partial charge in [-0.2, -0.15) is 0 Å². The molecule has 0 aromatic heterocycles. The topological polar surface area (TPSA) is 0 Å². The Hall–Kier alpha value is 1.48. The van der Waals surface area contributed by atoms with Gasteiger partial charge in [0, 0.05) is 0 Å². The highest BCUT2D eigenvalue weighted by molar-refractivity contribution is 9.71. The van der Waals surface area contributed by atoms with E-state index in [4.69, 9.17) is 0 Å². The second kappa shape index (κ2) is 2.70. The zero-order valence-electron chi connectivity index (χ0n) is 1.61. The van der Waals surface area contributed by atoms with Crippen molar-refractivity contribution in [3.63, 3.8) is 0 Å². The Morgan fingerprint density at radius 1 is 1.50 bits per heavy atom. The molecule has 0 rings (SSSR count). The molecule has 0 radical (unpaired) electrons. The van der Waals surface area contributed by atoms with Gasteiger partial charge in [0.15, 0.2) is 11.8 Å². The lowest BCUT2D eigenvalue weighted by molar-refractivity contribution is 5.91. The molecule has 0 spiro atoms. The van der Waals surface area contributed by atoms with Crippen LogP contribution in [-0.4, -0.2) is 0 Å². The Balaban J connectivity index is 2.80. The second-order valence-electron chi connectivity index (χ2n) is 0.202. The summed E-state index contributed by atoms with van der Waals surface area (Å²) in [6.07, 6.45) is 0. The summed E-state index contributed by atoms with van der Waals surface area (Å²) in [5, 5.41) is 0. The Kier molecular flexibility index (Phi) is 3.70. The predicted molar refractivity (Wildman–Crippen MR) is 32.1 cm³/mol. The van der Waals surface area contributed by atoms with E-state index in [1.165, 1.54) is 0 Å². The summed E-state index contributed by atoms with van der Waals surface area (Å²) in [4.78, 5) is 0. The van der Waals surface area contributed by atoms with Gasteiger partial charge in [0.2, 0.25) is 31.0 Å². The quantitative estimate of drug-likeness (QED) is 0.568. The first-order valence-corrected chi connectivity index (χ1v) is 6.91. The maximum Gasteiger partial charge on any atom is 0.331 e. The van der Waals surface area contributed by atoms with E-state index in [2.05, 4.69) is 42.8 Å². The molecule has 0 aliphatic rings. The first-order chi connectivity index (χ1) is 1.73. The van der Waals surface area contributed by atoms with E-state index in [0.29, 0.717) is 0 Å². The molecule has 0 aromatic carbocycles. The van der Waals surface area contributed by atoms with Gasteiger partial charge in [0.05, 0.1) is 0 Å². The molecule has 0 aromatic rings. The minimum atomic E-state index is -0.412. The van der Waals surface area contributed by atoms with E-state index in [-0.39, 0.29) is 0 Å². The lowest BCUT2D eigenvalue weighted by Crippen LogP contribution is -0.874. The average molecular weight is 223 g/mol. The first kappa shape index (κ1) is 5.48. The maximum absolute atomic E-state index is 4.52. The van der Waals surface area contributed by atoms with Gasteiger partial charge in [-0.05, 0) is 0 Å². The Morgan fingerprint density at radius 3 is 1.50 bits per heavy atom. The lowest BCUT2D eigenvalue weighted by atomic mass is 30.6. The van der Waals surface area contributed by atoms with Crippen molar-refractivity contribution in [2.45, 2.75) is 0 Å². The van der Waals surface area contributed by atoms with Crippen LogP contribution in [0.1, 0.15) is 0 Å².